The van der Waals surface area contributed by atoms with E-state index in [1.165, 1.54) is 6.21 Å². The van der Waals surface area contributed by atoms with Crippen LogP contribution in [0.3, 0.4) is 0 Å². The second-order valence-corrected chi connectivity index (χ2v) is 7.39. The van der Waals surface area contributed by atoms with Crippen molar-refractivity contribution in [3.8, 4) is 11.5 Å². The zero-order valence-electron chi connectivity index (χ0n) is 16.8. The molecule has 29 heavy (non-hydrogen) atoms. The second kappa shape index (κ2) is 10.6. The summed E-state index contributed by atoms with van der Waals surface area (Å²) in [5, 5.41) is 6.61. The molecule has 0 atom stereocenters. The maximum absolute atomic E-state index is 12.0. The summed E-state index contributed by atoms with van der Waals surface area (Å²) in [5.41, 5.74) is 4.63. The molecule has 2 aromatic carbocycles. The molecule has 0 aliphatic heterocycles. The number of halogens is 1. The van der Waals surface area contributed by atoms with Crippen LogP contribution in [0.2, 0.25) is 0 Å². The van der Waals surface area contributed by atoms with E-state index in [0.29, 0.717) is 27.2 Å². The lowest BCUT2D eigenvalue weighted by molar-refractivity contribution is -0.126. The zero-order valence-corrected chi connectivity index (χ0v) is 18.4. The average Bonchev–Trinajstić information content (AvgIpc) is 2.65. The number of nitrogens with one attached hydrogen (secondary N) is 2. The van der Waals surface area contributed by atoms with Crippen molar-refractivity contribution >= 4 is 39.6 Å². The van der Waals surface area contributed by atoms with Gasteiger partial charge in [0.2, 0.25) is 11.8 Å². The lowest BCUT2D eigenvalue weighted by atomic mass is 10.2. The molecule has 154 valence electrons. The SMILES string of the molecule is COc1cc(C=NNC(=O)CC(=O)Nc2ccccc2C)cc(Br)c1OC(C)C. The van der Waals surface area contributed by atoms with E-state index in [9.17, 15) is 9.59 Å². The third-order valence-electron chi connectivity index (χ3n) is 3.75. The van der Waals surface area contributed by atoms with Crippen molar-refractivity contribution in [2.45, 2.75) is 33.3 Å². The first-order valence-corrected chi connectivity index (χ1v) is 9.81. The summed E-state index contributed by atoms with van der Waals surface area (Å²) in [6.07, 6.45) is 1.12. The third kappa shape index (κ3) is 6.90. The summed E-state index contributed by atoms with van der Waals surface area (Å²) in [4.78, 5) is 23.9. The number of benzene rings is 2. The Labute approximate surface area is 178 Å². The molecule has 0 unspecified atom stereocenters. The minimum atomic E-state index is -0.516. The Morgan fingerprint density at radius 2 is 1.93 bits per heavy atom. The van der Waals surface area contributed by atoms with E-state index in [4.69, 9.17) is 9.47 Å². The molecule has 0 fully saturated rings. The Bertz CT molecular complexity index is 913. The summed E-state index contributed by atoms with van der Waals surface area (Å²) < 4.78 is 11.8. The Morgan fingerprint density at radius 3 is 2.59 bits per heavy atom. The molecule has 8 heteroatoms. The van der Waals surface area contributed by atoms with Gasteiger partial charge >= 0.3 is 0 Å². The van der Waals surface area contributed by atoms with Gasteiger partial charge in [-0.3, -0.25) is 9.59 Å². The van der Waals surface area contributed by atoms with Crippen LogP contribution in [-0.2, 0) is 9.59 Å². The molecule has 2 N–H and O–H groups in total. The van der Waals surface area contributed by atoms with E-state index in [2.05, 4.69) is 31.8 Å². The fraction of sp³-hybridized carbons (Fsp3) is 0.286. The molecule has 0 radical (unpaired) electrons. The highest BCUT2D eigenvalue weighted by Crippen LogP contribution is 2.36. The van der Waals surface area contributed by atoms with Crippen molar-refractivity contribution in [2.75, 3.05) is 12.4 Å². The fourth-order valence-electron chi connectivity index (χ4n) is 2.44. The number of hydrogen-bond donors (Lipinski definition) is 2. The first-order chi connectivity index (χ1) is 13.8. The molecule has 2 amide bonds. The van der Waals surface area contributed by atoms with Gasteiger partial charge in [-0.25, -0.2) is 5.43 Å². The van der Waals surface area contributed by atoms with Gasteiger partial charge in [0, 0.05) is 5.69 Å². The van der Waals surface area contributed by atoms with Crippen LogP contribution >= 0.6 is 15.9 Å². The first-order valence-electron chi connectivity index (χ1n) is 9.01. The quantitative estimate of drug-likeness (QED) is 0.352. The van der Waals surface area contributed by atoms with Crippen LogP contribution < -0.4 is 20.2 Å². The molecule has 0 saturated heterocycles. The molecule has 0 aromatic heterocycles. The standard InChI is InChI=1S/C21H24BrN3O4/c1-13(2)29-21-16(22)9-15(10-18(21)28-4)12-23-25-20(27)11-19(26)24-17-8-6-5-7-14(17)3/h5-10,12-13H,11H2,1-4H3,(H,24,26)(H,25,27). The number of rotatable bonds is 8. The van der Waals surface area contributed by atoms with E-state index in [-0.39, 0.29) is 12.5 Å². The van der Waals surface area contributed by atoms with E-state index in [1.807, 2.05) is 39.0 Å². The van der Waals surface area contributed by atoms with Gasteiger partial charge in [-0.1, -0.05) is 18.2 Å². The Kier molecular flexibility index (Phi) is 8.21. The van der Waals surface area contributed by atoms with Crippen molar-refractivity contribution in [1.29, 1.82) is 0 Å². The smallest absolute Gasteiger partial charge is 0.249 e. The Balaban J connectivity index is 1.95. The normalized spacial score (nSPS) is 10.8. The molecule has 2 aromatic rings. The number of methoxy groups -OCH3 is 1. The minimum Gasteiger partial charge on any atom is -0.493 e. The van der Waals surface area contributed by atoms with Gasteiger partial charge in [0.25, 0.3) is 0 Å². The molecule has 0 aliphatic rings. The molecule has 0 spiro atoms. The Hall–Kier alpha value is -2.87. The number of ether oxygens (including phenoxy) is 2. The molecule has 0 bridgehead atoms. The number of para-hydroxylation sites is 1. The summed E-state index contributed by atoms with van der Waals surface area (Å²) in [6, 6.07) is 10.9. The number of anilines is 1. The van der Waals surface area contributed by atoms with Crippen molar-refractivity contribution in [3.05, 3.63) is 52.0 Å². The van der Waals surface area contributed by atoms with Crippen LogP contribution in [0.5, 0.6) is 11.5 Å². The number of amides is 2. The summed E-state index contributed by atoms with van der Waals surface area (Å²) in [5.74, 6) is 0.208. The maximum atomic E-state index is 12.0. The predicted molar refractivity (Wildman–Crippen MR) is 117 cm³/mol. The van der Waals surface area contributed by atoms with Crippen LogP contribution in [0.25, 0.3) is 0 Å². The van der Waals surface area contributed by atoms with Gasteiger partial charge in [0.1, 0.15) is 6.42 Å². The van der Waals surface area contributed by atoms with Gasteiger partial charge in [0.05, 0.1) is 23.9 Å². The largest absolute Gasteiger partial charge is 0.493 e. The third-order valence-corrected chi connectivity index (χ3v) is 4.34. The van der Waals surface area contributed by atoms with Crippen LogP contribution in [0.15, 0.2) is 46.0 Å². The van der Waals surface area contributed by atoms with Gasteiger partial charge in [-0.2, -0.15) is 5.10 Å². The summed E-state index contributed by atoms with van der Waals surface area (Å²) in [6.45, 7) is 5.72. The van der Waals surface area contributed by atoms with Crippen molar-refractivity contribution in [1.82, 2.24) is 5.43 Å². The summed E-state index contributed by atoms with van der Waals surface area (Å²) >= 11 is 3.45. The van der Waals surface area contributed by atoms with Crippen LogP contribution in [0.4, 0.5) is 5.69 Å². The Morgan fingerprint density at radius 1 is 1.21 bits per heavy atom. The number of hydrogen-bond acceptors (Lipinski definition) is 5. The van der Waals surface area contributed by atoms with Gasteiger partial charge in [-0.05, 0) is 66.0 Å². The molecule has 0 saturated carbocycles. The highest BCUT2D eigenvalue weighted by atomic mass is 79.9. The topological polar surface area (TPSA) is 89.0 Å². The number of aryl methyl sites for hydroxylation is 1. The number of carbonyl (C=O) groups excluding carboxylic acids is 2. The highest BCUT2D eigenvalue weighted by Gasteiger charge is 2.13. The molecule has 0 aliphatic carbocycles. The minimum absolute atomic E-state index is 0.00942. The molecule has 0 heterocycles. The van der Waals surface area contributed by atoms with Gasteiger partial charge < -0.3 is 14.8 Å². The van der Waals surface area contributed by atoms with Crippen molar-refractivity contribution < 1.29 is 19.1 Å². The molecular weight excluding hydrogens is 438 g/mol. The van der Waals surface area contributed by atoms with E-state index >= 15 is 0 Å². The van der Waals surface area contributed by atoms with Gasteiger partial charge in [0.15, 0.2) is 11.5 Å². The average molecular weight is 462 g/mol. The van der Waals surface area contributed by atoms with E-state index in [0.717, 1.165) is 5.56 Å². The van der Waals surface area contributed by atoms with Crippen LogP contribution in [0, 0.1) is 6.92 Å². The number of hydrazone groups is 1. The van der Waals surface area contributed by atoms with Crippen LogP contribution in [0.1, 0.15) is 31.4 Å². The second-order valence-electron chi connectivity index (χ2n) is 6.53. The van der Waals surface area contributed by atoms with Crippen molar-refractivity contribution in [3.63, 3.8) is 0 Å². The van der Waals surface area contributed by atoms with E-state index in [1.54, 1.807) is 25.3 Å². The highest BCUT2D eigenvalue weighted by molar-refractivity contribution is 9.10. The van der Waals surface area contributed by atoms with Gasteiger partial charge in [-0.15, -0.1) is 0 Å². The lowest BCUT2D eigenvalue weighted by Gasteiger charge is -2.15. The molecule has 2 rings (SSSR count). The maximum Gasteiger partial charge on any atom is 0.249 e. The fourth-order valence-corrected chi connectivity index (χ4v) is 2.99. The molecule has 7 nitrogen and oxygen atoms in total. The summed E-state index contributed by atoms with van der Waals surface area (Å²) in [7, 11) is 1.55. The predicted octanol–water partition coefficient (Wildman–Crippen LogP) is 4.03. The van der Waals surface area contributed by atoms with Crippen LogP contribution in [-0.4, -0.2) is 31.2 Å². The first kappa shape index (κ1) is 22.4. The number of nitrogens with zero attached hydrogens (tertiary/aromatic N) is 1. The monoisotopic (exact) mass is 461 g/mol. The van der Waals surface area contributed by atoms with E-state index < -0.39 is 11.8 Å². The number of carbonyl (C=O) groups is 2. The lowest BCUT2D eigenvalue weighted by Crippen LogP contribution is -2.24. The zero-order chi connectivity index (χ0) is 21.4. The van der Waals surface area contributed by atoms with Crippen molar-refractivity contribution in [2.24, 2.45) is 5.10 Å². The molecular formula is C21H24BrN3O4.